The Morgan fingerprint density at radius 2 is 1.86 bits per heavy atom. The molecule has 0 spiro atoms. The molecule has 0 bridgehead atoms. The molecule has 0 radical (unpaired) electrons. The van der Waals surface area contributed by atoms with Gasteiger partial charge in [0, 0.05) is 18.4 Å². The summed E-state index contributed by atoms with van der Waals surface area (Å²) in [6, 6.07) is 6.40. The van der Waals surface area contributed by atoms with Crippen LogP contribution in [0.15, 0.2) is 33.5 Å². The summed E-state index contributed by atoms with van der Waals surface area (Å²) < 4.78 is 22.8. The first-order chi connectivity index (χ1) is 13.1. The summed E-state index contributed by atoms with van der Waals surface area (Å²) in [7, 11) is 0. The average Bonchev–Trinajstić information content (AvgIpc) is 2.62. The van der Waals surface area contributed by atoms with Crippen LogP contribution in [0.1, 0.15) is 52.7 Å². The maximum Gasteiger partial charge on any atom is 0.336 e. The van der Waals surface area contributed by atoms with Gasteiger partial charge < -0.3 is 18.6 Å². The van der Waals surface area contributed by atoms with Crippen LogP contribution in [0.25, 0.3) is 11.0 Å². The third kappa shape index (κ3) is 3.61. The Kier molecular flexibility index (Phi) is 5.19. The molecule has 0 saturated heterocycles. The van der Waals surface area contributed by atoms with Crippen molar-refractivity contribution in [2.45, 2.75) is 58.8 Å². The van der Waals surface area contributed by atoms with E-state index in [1.54, 1.807) is 39.0 Å². The fraction of sp³-hybridized carbons (Fsp3) is 0.476. The second kappa shape index (κ2) is 7.30. The Labute approximate surface area is 162 Å². The first kappa shape index (κ1) is 19.9. The number of hydrogen-bond acceptors (Lipinski definition) is 7. The summed E-state index contributed by atoms with van der Waals surface area (Å²) in [5.74, 6) is -0.866. The van der Waals surface area contributed by atoms with Crippen LogP contribution in [0, 0.1) is 5.92 Å². The van der Waals surface area contributed by atoms with E-state index < -0.39 is 35.4 Å². The van der Waals surface area contributed by atoms with Crippen molar-refractivity contribution < 1.29 is 28.2 Å². The largest absolute Gasteiger partial charge is 0.483 e. The van der Waals surface area contributed by atoms with Crippen LogP contribution in [0.4, 0.5) is 0 Å². The van der Waals surface area contributed by atoms with Crippen molar-refractivity contribution in [3.05, 3.63) is 40.2 Å². The summed E-state index contributed by atoms with van der Waals surface area (Å²) in [4.78, 5) is 36.2. The lowest BCUT2D eigenvalue weighted by Crippen LogP contribution is -2.52. The van der Waals surface area contributed by atoms with E-state index in [1.165, 1.54) is 13.0 Å². The molecule has 1 unspecified atom stereocenters. The number of hydrogen-bond donors (Lipinski definition) is 0. The zero-order chi connectivity index (χ0) is 20.6. The second-order valence-corrected chi connectivity index (χ2v) is 7.55. The van der Waals surface area contributed by atoms with Crippen molar-refractivity contribution in [3.8, 4) is 5.75 Å². The van der Waals surface area contributed by atoms with E-state index in [9.17, 15) is 14.4 Å². The zero-order valence-electron chi connectivity index (χ0n) is 16.6. The molecule has 1 aromatic heterocycles. The summed E-state index contributed by atoms with van der Waals surface area (Å²) in [6.07, 6.45) is -1.28. The van der Waals surface area contributed by atoms with Gasteiger partial charge in [-0.15, -0.1) is 0 Å². The molecule has 7 heteroatoms. The highest BCUT2D eigenvalue weighted by atomic mass is 16.6. The van der Waals surface area contributed by atoms with Gasteiger partial charge in [0.05, 0.1) is 11.5 Å². The SMILES string of the molecule is CCC(C)C(=O)O[C@@H]1[C@H](OC(C)=O)c2c(ccc3ccc(=O)oc23)OC1(C)C. The predicted octanol–water partition coefficient (Wildman–Crippen LogP) is 3.53. The molecule has 1 aromatic carbocycles. The molecular weight excluding hydrogens is 364 g/mol. The molecule has 7 nitrogen and oxygen atoms in total. The highest BCUT2D eigenvalue weighted by Crippen LogP contribution is 2.46. The number of esters is 2. The number of rotatable bonds is 4. The lowest BCUT2D eigenvalue weighted by molar-refractivity contribution is -0.192. The molecule has 0 aliphatic carbocycles. The Morgan fingerprint density at radius 3 is 2.50 bits per heavy atom. The molecule has 0 amide bonds. The van der Waals surface area contributed by atoms with Crippen molar-refractivity contribution in [2.75, 3.05) is 0 Å². The van der Waals surface area contributed by atoms with E-state index in [0.717, 1.165) is 0 Å². The number of fused-ring (bicyclic) bond motifs is 3. The number of carbonyl (C=O) groups excluding carboxylic acids is 2. The number of ether oxygens (including phenoxy) is 3. The third-order valence-electron chi connectivity index (χ3n) is 4.96. The third-order valence-corrected chi connectivity index (χ3v) is 4.96. The highest BCUT2D eigenvalue weighted by Gasteiger charge is 2.50. The van der Waals surface area contributed by atoms with Gasteiger partial charge in [-0.3, -0.25) is 9.59 Å². The number of benzene rings is 1. The van der Waals surface area contributed by atoms with Gasteiger partial charge in [-0.25, -0.2) is 4.79 Å². The molecule has 28 heavy (non-hydrogen) atoms. The minimum atomic E-state index is -0.974. The minimum Gasteiger partial charge on any atom is -0.483 e. The van der Waals surface area contributed by atoms with E-state index in [4.69, 9.17) is 18.6 Å². The summed E-state index contributed by atoms with van der Waals surface area (Å²) in [5, 5.41) is 0.644. The normalized spacial score (nSPS) is 21.3. The maximum atomic E-state index is 12.5. The molecule has 0 fully saturated rings. The van der Waals surface area contributed by atoms with Crippen molar-refractivity contribution in [1.82, 2.24) is 0 Å². The van der Waals surface area contributed by atoms with Crippen LogP contribution in [-0.2, 0) is 19.1 Å². The number of carbonyl (C=O) groups is 2. The Bertz CT molecular complexity index is 972. The van der Waals surface area contributed by atoms with E-state index in [-0.39, 0.29) is 11.5 Å². The van der Waals surface area contributed by atoms with E-state index in [2.05, 4.69) is 0 Å². The van der Waals surface area contributed by atoms with Crippen molar-refractivity contribution in [2.24, 2.45) is 5.92 Å². The van der Waals surface area contributed by atoms with Crippen LogP contribution >= 0.6 is 0 Å². The van der Waals surface area contributed by atoms with Gasteiger partial charge in [0.2, 0.25) is 0 Å². The topological polar surface area (TPSA) is 92.0 Å². The van der Waals surface area contributed by atoms with Crippen LogP contribution in [0.5, 0.6) is 5.75 Å². The lowest BCUT2D eigenvalue weighted by Gasteiger charge is -2.43. The molecule has 1 aliphatic heterocycles. The Hall–Kier alpha value is -2.83. The first-order valence-corrected chi connectivity index (χ1v) is 9.27. The van der Waals surface area contributed by atoms with Crippen molar-refractivity contribution >= 4 is 22.9 Å². The zero-order valence-corrected chi connectivity index (χ0v) is 16.6. The summed E-state index contributed by atoms with van der Waals surface area (Å²) in [5.41, 5.74) is -0.887. The van der Waals surface area contributed by atoms with Gasteiger partial charge in [-0.2, -0.15) is 0 Å². The monoisotopic (exact) mass is 388 g/mol. The maximum absolute atomic E-state index is 12.5. The quantitative estimate of drug-likeness (QED) is 0.584. The highest BCUT2D eigenvalue weighted by molar-refractivity contribution is 5.83. The van der Waals surface area contributed by atoms with Crippen LogP contribution in [-0.4, -0.2) is 23.6 Å². The van der Waals surface area contributed by atoms with Gasteiger partial charge in [0.25, 0.3) is 0 Å². The van der Waals surface area contributed by atoms with E-state index in [1.807, 2.05) is 6.92 Å². The molecule has 150 valence electrons. The van der Waals surface area contributed by atoms with Gasteiger partial charge >= 0.3 is 17.6 Å². The minimum absolute atomic E-state index is 0.247. The van der Waals surface area contributed by atoms with Crippen molar-refractivity contribution in [3.63, 3.8) is 0 Å². The molecule has 3 atom stereocenters. The van der Waals surface area contributed by atoms with Gasteiger partial charge in [0.1, 0.15) is 16.9 Å². The van der Waals surface area contributed by atoms with Gasteiger partial charge in [-0.1, -0.05) is 13.8 Å². The van der Waals surface area contributed by atoms with Crippen molar-refractivity contribution in [1.29, 1.82) is 0 Å². The lowest BCUT2D eigenvalue weighted by atomic mass is 9.87. The predicted molar refractivity (Wildman–Crippen MR) is 101 cm³/mol. The summed E-state index contributed by atoms with van der Waals surface area (Å²) in [6.45, 7) is 8.44. The fourth-order valence-electron chi connectivity index (χ4n) is 3.26. The first-order valence-electron chi connectivity index (χ1n) is 9.27. The second-order valence-electron chi connectivity index (χ2n) is 7.55. The van der Waals surface area contributed by atoms with Crippen LogP contribution in [0.3, 0.4) is 0 Å². The molecular formula is C21H24O7. The average molecular weight is 388 g/mol. The van der Waals surface area contributed by atoms with Gasteiger partial charge in [-0.05, 0) is 38.5 Å². The van der Waals surface area contributed by atoms with Gasteiger partial charge in [0.15, 0.2) is 12.2 Å². The molecule has 0 N–H and O–H groups in total. The Morgan fingerprint density at radius 1 is 1.18 bits per heavy atom. The van der Waals surface area contributed by atoms with E-state index in [0.29, 0.717) is 23.1 Å². The molecule has 0 saturated carbocycles. The molecule has 1 aliphatic rings. The smallest absolute Gasteiger partial charge is 0.336 e. The standard InChI is InChI=1S/C21H24O7/c1-6-11(2)20(24)27-19-18(25-12(3)22)16-14(28-21(19,4)5)9-7-13-8-10-15(23)26-17(13)16/h7-11,18-19H,6H2,1-5H3/t11?,18-,19-/m1/s1. The fourth-order valence-corrected chi connectivity index (χ4v) is 3.26. The molecule has 2 aromatic rings. The summed E-state index contributed by atoms with van der Waals surface area (Å²) >= 11 is 0. The van der Waals surface area contributed by atoms with E-state index >= 15 is 0 Å². The van der Waals surface area contributed by atoms with Crippen LogP contribution in [0.2, 0.25) is 0 Å². The molecule has 3 rings (SSSR count). The molecule has 2 heterocycles. The Balaban J connectivity index is 2.19. The van der Waals surface area contributed by atoms with Crippen LogP contribution < -0.4 is 10.4 Å².